The minimum absolute atomic E-state index is 0.245. The van der Waals surface area contributed by atoms with Crippen molar-refractivity contribution in [2.45, 2.75) is 13.8 Å². The lowest BCUT2D eigenvalue weighted by atomic mass is 10.1. The van der Waals surface area contributed by atoms with Crippen molar-refractivity contribution in [3.63, 3.8) is 0 Å². The van der Waals surface area contributed by atoms with Crippen molar-refractivity contribution in [1.82, 2.24) is 9.97 Å². The van der Waals surface area contributed by atoms with Gasteiger partial charge < -0.3 is 9.80 Å². The number of anilines is 2. The molecule has 3 heterocycles. The van der Waals surface area contributed by atoms with Gasteiger partial charge >= 0.3 is 0 Å². The molecule has 2 aromatic heterocycles. The summed E-state index contributed by atoms with van der Waals surface area (Å²) in [5, 5.41) is 3.30. The van der Waals surface area contributed by atoms with E-state index in [1.807, 2.05) is 0 Å². The van der Waals surface area contributed by atoms with Crippen molar-refractivity contribution >= 4 is 44.7 Å². The number of aryl methyl sites for hydroxylation is 1. The maximum Gasteiger partial charge on any atom is 0.225 e. The standard InChI is InChI=1S/C24H22ClFN4S/c1-15-4-3-5-20(16(15)2)29-10-12-30(13-11-29)22-21-19(17-6-8-18(26)9-7-17)14-31-23(21)28-24(25)27-22/h3-9,14H,10-13H2,1-2H3. The first-order valence-corrected chi connectivity index (χ1v) is 11.5. The van der Waals surface area contributed by atoms with Gasteiger partial charge in [0.15, 0.2) is 0 Å². The van der Waals surface area contributed by atoms with Crippen molar-refractivity contribution in [1.29, 1.82) is 0 Å². The molecule has 0 aliphatic carbocycles. The van der Waals surface area contributed by atoms with Gasteiger partial charge in [-0.3, -0.25) is 0 Å². The highest BCUT2D eigenvalue weighted by Crippen LogP contribution is 2.39. The second-order valence-electron chi connectivity index (χ2n) is 7.85. The van der Waals surface area contributed by atoms with Crippen LogP contribution in [0.2, 0.25) is 5.28 Å². The van der Waals surface area contributed by atoms with Crippen LogP contribution >= 0.6 is 22.9 Å². The quantitative estimate of drug-likeness (QED) is 0.352. The molecule has 5 rings (SSSR count). The number of nitrogens with zero attached hydrogens (tertiary/aromatic N) is 4. The summed E-state index contributed by atoms with van der Waals surface area (Å²) in [6, 6.07) is 13.0. The SMILES string of the molecule is Cc1cccc(N2CCN(c3nc(Cl)nc4scc(-c5ccc(F)cc5)c34)CC2)c1C. The number of rotatable bonds is 3. The molecule has 4 nitrogen and oxygen atoms in total. The van der Waals surface area contributed by atoms with Crippen molar-refractivity contribution < 1.29 is 4.39 Å². The van der Waals surface area contributed by atoms with E-state index in [-0.39, 0.29) is 11.1 Å². The molecule has 0 amide bonds. The van der Waals surface area contributed by atoms with E-state index in [4.69, 9.17) is 11.6 Å². The minimum atomic E-state index is -0.245. The van der Waals surface area contributed by atoms with E-state index in [9.17, 15) is 4.39 Å². The second-order valence-corrected chi connectivity index (χ2v) is 9.04. The van der Waals surface area contributed by atoms with Crippen molar-refractivity contribution in [3.05, 3.63) is 70.1 Å². The van der Waals surface area contributed by atoms with Crippen LogP contribution in [-0.4, -0.2) is 36.1 Å². The number of aromatic nitrogens is 2. The lowest BCUT2D eigenvalue weighted by Crippen LogP contribution is -2.47. The lowest BCUT2D eigenvalue weighted by Gasteiger charge is -2.38. The van der Waals surface area contributed by atoms with E-state index in [0.717, 1.165) is 53.3 Å². The van der Waals surface area contributed by atoms with E-state index in [1.165, 1.54) is 40.3 Å². The number of hydrogen-bond donors (Lipinski definition) is 0. The number of benzene rings is 2. The smallest absolute Gasteiger partial charge is 0.225 e. The van der Waals surface area contributed by atoms with Crippen molar-refractivity contribution in [2.24, 2.45) is 0 Å². The van der Waals surface area contributed by atoms with E-state index >= 15 is 0 Å². The topological polar surface area (TPSA) is 32.3 Å². The van der Waals surface area contributed by atoms with Crippen molar-refractivity contribution in [3.8, 4) is 11.1 Å². The van der Waals surface area contributed by atoms with E-state index in [0.29, 0.717) is 0 Å². The highest BCUT2D eigenvalue weighted by atomic mass is 35.5. The third-order valence-corrected chi connectivity index (χ3v) is 7.08. The Morgan fingerprint density at radius 2 is 1.65 bits per heavy atom. The van der Waals surface area contributed by atoms with Gasteiger partial charge in [0, 0.05) is 42.8 Å². The van der Waals surface area contributed by atoms with E-state index in [2.05, 4.69) is 57.2 Å². The number of hydrogen-bond acceptors (Lipinski definition) is 5. The average molecular weight is 453 g/mol. The van der Waals surface area contributed by atoms with Gasteiger partial charge in [-0.1, -0.05) is 24.3 Å². The summed E-state index contributed by atoms with van der Waals surface area (Å²) in [6.45, 7) is 7.84. The number of halogens is 2. The van der Waals surface area contributed by atoms with Gasteiger partial charge in [0.1, 0.15) is 16.5 Å². The first-order valence-electron chi connectivity index (χ1n) is 10.3. The van der Waals surface area contributed by atoms with Crippen LogP contribution in [0.15, 0.2) is 47.8 Å². The first-order chi connectivity index (χ1) is 15.0. The molecule has 1 aliphatic rings. The Bertz CT molecular complexity index is 1250. The van der Waals surface area contributed by atoms with Gasteiger partial charge in [0.2, 0.25) is 5.28 Å². The highest BCUT2D eigenvalue weighted by Gasteiger charge is 2.24. The van der Waals surface area contributed by atoms with Gasteiger partial charge in [-0.05, 0) is 60.3 Å². The predicted octanol–water partition coefficient (Wildman–Crippen LogP) is 6.09. The van der Waals surface area contributed by atoms with Gasteiger partial charge in [-0.2, -0.15) is 4.98 Å². The zero-order chi connectivity index (χ0) is 21.5. The Morgan fingerprint density at radius 3 is 2.39 bits per heavy atom. The Balaban J connectivity index is 1.49. The Hall–Kier alpha value is -2.70. The molecule has 2 aromatic carbocycles. The summed E-state index contributed by atoms with van der Waals surface area (Å²) < 4.78 is 13.4. The van der Waals surface area contributed by atoms with Crippen LogP contribution in [0, 0.1) is 19.7 Å². The Kier molecular flexibility index (Phi) is 5.28. The third-order valence-electron chi connectivity index (χ3n) is 6.04. The normalized spacial score (nSPS) is 14.5. The number of fused-ring (bicyclic) bond motifs is 1. The van der Waals surface area contributed by atoms with Gasteiger partial charge in [0.05, 0.1) is 5.39 Å². The summed E-state index contributed by atoms with van der Waals surface area (Å²) >= 11 is 7.82. The van der Waals surface area contributed by atoms with Crippen molar-refractivity contribution in [2.75, 3.05) is 36.0 Å². The van der Waals surface area contributed by atoms with Gasteiger partial charge in [0.25, 0.3) is 0 Å². The summed E-state index contributed by atoms with van der Waals surface area (Å²) in [6.07, 6.45) is 0. The largest absolute Gasteiger partial charge is 0.368 e. The van der Waals surface area contributed by atoms with Crippen LogP contribution in [-0.2, 0) is 0 Å². The van der Waals surface area contributed by atoms with Crippen LogP contribution in [0.3, 0.4) is 0 Å². The molecule has 0 atom stereocenters. The molecular weight excluding hydrogens is 431 g/mol. The molecule has 0 N–H and O–H groups in total. The summed E-state index contributed by atoms with van der Waals surface area (Å²) in [5.41, 5.74) is 5.91. The summed E-state index contributed by atoms with van der Waals surface area (Å²) in [7, 11) is 0. The molecule has 0 saturated carbocycles. The predicted molar refractivity (Wildman–Crippen MR) is 128 cm³/mol. The molecule has 31 heavy (non-hydrogen) atoms. The summed E-state index contributed by atoms with van der Waals surface area (Å²) in [4.78, 5) is 14.6. The fraction of sp³-hybridized carbons (Fsp3) is 0.250. The number of thiophene rings is 1. The molecule has 7 heteroatoms. The molecule has 0 spiro atoms. The Morgan fingerprint density at radius 1 is 0.935 bits per heavy atom. The molecular formula is C24H22ClFN4S. The molecule has 0 radical (unpaired) electrons. The maximum atomic E-state index is 13.4. The maximum absolute atomic E-state index is 13.4. The molecule has 158 valence electrons. The van der Waals surface area contributed by atoms with Crippen LogP contribution in [0.5, 0.6) is 0 Å². The van der Waals surface area contributed by atoms with E-state index < -0.39 is 0 Å². The molecule has 0 bridgehead atoms. The van der Waals surface area contributed by atoms with Crippen LogP contribution in [0.4, 0.5) is 15.9 Å². The molecule has 0 unspecified atom stereocenters. The van der Waals surface area contributed by atoms with Gasteiger partial charge in [-0.15, -0.1) is 11.3 Å². The van der Waals surface area contributed by atoms with Gasteiger partial charge in [-0.25, -0.2) is 9.37 Å². The lowest BCUT2D eigenvalue weighted by molar-refractivity contribution is 0.628. The first kappa shape index (κ1) is 20.2. The van der Waals surface area contributed by atoms with Crippen LogP contribution < -0.4 is 9.80 Å². The molecule has 1 aliphatic heterocycles. The Labute approximate surface area is 189 Å². The van der Waals surface area contributed by atoms with Crippen LogP contribution in [0.25, 0.3) is 21.3 Å². The minimum Gasteiger partial charge on any atom is -0.368 e. The average Bonchev–Trinajstić information content (AvgIpc) is 3.19. The van der Waals surface area contributed by atoms with E-state index in [1.54, 1.807) is 12.1 Å². The third kappa shape index (κ3) is 3.75. The zero-order valence-corrected chi connectivity index (χ0v) is 19.0. The molecule has 1 fully saturated rings. The fourth-order valence-electron chi connectivity index (χ4n) is 4.21. The fourth-order valence-corrected chi connectivity index (χ4v) is 5.36. The monoisotopic (exact) mass is 452 g/mol. The second kappa shape index (κ2) is 8.09. The highest BCUT2D eigenvalue weighted by molar-refractivity contribution is 7.17. The zero-order valence-electron chi connectivity index (χ0n) is 17.4. The molecule has 4 aromatic rings. The van der Waals surface area contributed by atoms with Crippen LogP contribution in [0.1, 0.15) is 11.1 Å². The number of piperazine rings is 1. The molecule has 1 saturated heterocycles. The summed E-state index contributed by atoms with van der Waals surface area (Å²) in [5.74, 6) is 0.613.